The number of nitrogens with zero attached hydrogens (tertiary/aromatic N) is 3. The van der Waals surface area contributed by atoms with Crippen molar-refractivity contribution in [2.24, 2.45) is 0 Å². The first-order valence-corrected chi connectivity index (χ1v) is 7.03. The van der Waals surface area contributed by atoms with Crippen LogP contribution < -0.4 is 10.2 Å². The average molecular weight is 252 g/mol. The van der Waals surface area contributed by atoms with Crippen LogP contribution in [0.25, 0.3) is 0 Å². The predicted octanol–water partition coefficient (Wildman–Crippen LogP) is 2.34. The van der Waals surface area contributed by atoms with Gasteiger partial charge in [-0.2, -0.15) is 0 Å². The summed E-state index contributed by atoms with van der Waals surface area (Å²) in [6.45, 7) is 8.10. The molecule has 2 rings (SSSR count). The van der Waals surface area contributed by atoms with Gasteiger partial charge >= 0.3 is 6.01 Å². The zero-order valence-electron chi connectivity index (χ0n) is 11.6. The molecule has 0 amide bonds. The van der Waals surface area contributed by atoms with E-state index in [0.29, 0.717) is 30.5 Å². The highest BCUT2D eigenvalue weighted by Gasteiger charge is 2.31. The zero-order chi connectivity index (χ0) is 13.0. The van der Waals surface area contributed by atoms with E-state index in [9.17, 15) is 0 Å². The van der Waals surface area contributed by atoms with Gasteiger partial charge in [-0.25, -0.2) is 0 Å². The molecule has 5 heteroatoms. The number of aromatic nitrogens is 2. The summed E-state index contributed by atoms with van der Waals surface area (Å²) in [6.07, 6.45) is 4.88. The summed E-state index contributed by atoms with van der Waals surface area (Å²) in [5.74, 6) is 0.681. The minimum atomic E-state index is 0.431. The van der Waals surface area contributed by atoms with Gasteiger partial charge in [0.05, 0.1) is 6.54 Å². The molecular weight excluding hydrogens is 228 g/mol. The van der Waals surface area contributed by atoms with E-state index < -0.39 is 0 Å². The smallest absolute Gasteiger partial charge is 0.318 e. The van der Waals surface area contributed by atoms with Crippen LogP contribution in [0.4, 0.5) is 6.01 Å². The van der Waals surface area contributed by atoms with Crippen LogP contribution in [0.15, 0.2) is 4.42 Å². The number of hydrogen-bond acceptors (Lipinski definition) is 5. The van der Waals surface area contributed by atoms with Crippen LogP contribution in [0.3, 0.4) is 0 Å². The maximum absolute atomic E-state index is 5.74. The Labute approximate surface area is 109 Å². The molecule has 0 saturated heterocycles. The van der Waals surface area contributed by atoms with Crippen molar-refractivity contribution in [1.29, 1.82) is 0 Å². The van der Waals surface area contributed by atoms with Crippen molar-refractivity contribution in [1.82, 2.24) is 15.5 Å². The first-order valence-electron chi connectivity index (χ1n) is 7.03. The maximum Gasteiger partial charge on any atom is 0.318 e. The zero-order valence-corrected chi connectivity index (χ0v) is 11.6. The van der Waals surface area contributed by atoms with Gasteiger partial charge in [0.25, 0.3) is 0 Å². The number of rotatable bonds is 8. The summed E-state index contributed by atoms with van der Waals surface area (Å²) < 4.78 is 5.74. The highest BCUT2D eigenvalue weighted by atomic mass is 16.4. The molecule has 1 aliphatic rings. The van der Waals surface area contributed by atoms with Gasteiger partial charge in [-0.3, -0.25) is 0 Å². The summed E-state index contributed by atoms with van der Waals surface area (Å²) in [6, 6.07) is 1.76. The van der Waals surface area contributed by atoms with Crippen molar-refractivity contribution < 1.29 is 4.42 Å². The van der Waals surface area contributed by atoms with Crippen molar-refractivity contribution in [2.45, 2.75) is 65.1 Å². The van der Waals surface area contributed by atoms with Crippen LogP contribution >= 0.6 is 0 Å². The fraction of sp³-hybridized carbons (Fsp3) is 0.846. The second kappa shape index (κ2) is 6.18. The number of hydrogen-bond donors (Lipinski definition) is 1. The normalized spacial score (nSPS) is 15.3. The summed E-state index contributed by atoms with van der Waals surface area (Å²) in [5.41, 5.74) is 0. The Balaban J connectivity index is 1.93. The topological polar surface area (TPSA) is 54.2 Å². The highest BCUT2D eigenvalue weighted by molar-refractivity contribution is 5.29. The summed E-state index contributed by atoms with van der Waals surface area (Å²) in [5, 5.41) is 11.6. The third kappa shape index (κ3) is 3.70. The molecule has 0 spiro atoms. The molecule has 0 radical (unpaired) electrons. The Morgan fingerprint density at radius 3 is 2.78 bits per heavy atom. The molecule has 18 heavy (non-hydrogen) atoms. The van der Waals surface area contributed by atoms with Crippen LogP contribution in [-0.2, 0) is 6.54 Å². The summed E-state index contributed by atoms with van der Waals surface area (Å²) >= 11 is 0. The SMILES string of the molecule is CCCCN(c1nnc(CNC(C)C)o1)C1CC1. The molecule has 1 saturated carbocycles. The van der Waals surface area contributed by atoms with Crippen molar-refractivity contribution >= 4 is 6.01 Å². The number of nitrogens with one attached hydrogen (secondary N) is 1. The predicted molar refractivity (Wildman–Crippen MR) is 71.5 cm³/mol. The van der Waals surface area contributed by atoms with Gasteiger partial charge in [0.2, 0.25) is 5.89 Å². The van der Waals surface area contributed by atoms with Crippen LogP contribution in [0.2, 0.25) is 0 Å². The molecule has 1 heterocycles. The molecule has 0 unspecified atom stereocenters. The molecule has 0 atom stereocenters. The molecule has 1 N–H and O–H groups in total. The second-order valence-electron chi connectivity index (χ2n) is 5.29. The molecule has 5 nitrogen and oxygen atoms in total. The van der Waals surface area contributed by atoms with E-state index in [4.69, 9.17) is 4.42 Å². The molecule has 0 aromatic carbocycles. The average Bonchev–Trinajstić information content (AvgIpc) is 3.06. The first kappa shape index (κ1) is 13.3. The largest absolute Gasteiger partial charge is 0.407 e. The van der Waals surface area contributed by atoms with E-state index >= 15 is 0 Å². The highest BCUT2D eigenvalue weighted by Crippen LogP contribution is 2.31. The second-order valence-corrected chi connectivity index (χ2v) is 5.29. The molecule has 1 fully saturated rings. The quantitative estimate of drug-likeness (QED) is 0.769. The van der Waals surface area contributed by atoms with Crippen molar-refractivity contribution in [3.8, 4) is 0 Å². The first-order chi connectivity index (χ1) is 8.70. The van der Waals surface area contributed by atoms with E-state index in [1.807, 2.05) is 0 Å². The van der Waals surface area contributed by atoms with Crippen LogP contribution in [0.5, 0.6) is 0 Å². The van der Waals surface area contributed by atoms with Crippen LogP contribution in [-0.4, -0.2) is 28.8 Å². The number of anilines is 1. The third-order valence-corrected chi connectivity index (χ3v) is 3.10. The van der Waals surface area contributed by atoms with Gasteiger partial charge in [-0.05, 0) is 19.3 Å². The molecule has 0 aliphatic heterocycles. The standard InChI is InChI=1S/C13H24N4O/c1-4-5-8-17(11-6-7-11)13-16-15-12(18-13)9-14-10(2)3/h10-11,14H,4-9H2,1-3H3. The summed E-state index contributed by atoms with van der Waals surface area (Å²) in [7, 11) is 0. The number of unbranched alkanes of at least 4 members (excludes halogenated alkanes) is 1. The molecule has 0 bridgehead atoms. The minimum Gasteiger partial charge on any atom is -0.407 e. The van der Waals surface area contributed by atoms with Crippen LogP contribution in [0.1, 0.15) is 52.3 Å². The van der Waals surface area contributed by atoms with Crippen molar-refractivity contribution in [3.63, 3.8) is 0 Å². The van der Waals surface area contributed by atoms with E-state index in [2.05, 4.69) is 41.2 Å². The molecule has 1 aromatic heterocycles. The Kier molecular flexibility index (Phi) is 4.58. The monoisotopic (exact) mass is 252 g/mol. The van der Waals surface area contributed by atoms with Crippen molar-refractivity contribution in [3.05, 3.63) is 5.89 Å². The maximum atomic E-state index is 5.74. The Morgan fingerprint density at radius 1 is 1.39 bits per heavy atom. The lowest BCUT2D eigenvalue weighted by Crippen LogP contribution is -2.27. The van der Waals surface area contributed by atoms with E-state index in [-0.39, 0.29) is 0 Å². The van der Waals surface area contributed by atoms with Gasteiger partial charge < -0.3 is 14.6 Å². The lowest BCUT2D eigenvalue weighted by Gasteiger charge is -2.18. The van der Waals surface area contributed by atoms with Gasteiger partial charge in [0.15, 0.2) is 0 Å². The molecule has 102 valence electrons. The molecular formula is C13H24N4O. The van der Waals surface area contributed by atoms with E-state index in [1.165, 1.54) is 25.7 Å². The fourth-order valence-electron chi connectivity index (χ4n) is 1.87. The lowest BCUT2D eigenvalue weighted by molar-refractivity contribution is 0.443. The van der Waals surface area contributed by atoms with Gasteiger partial charge in [-0.15, -0.1) is 5.10 Å². The summed E-state index contributed by atoms with van der Waals surface area (Å²) in [4.78, 5) is 2.27. The van der Waals surface area contributed by atoms with E-state index in [1.54, 1.807) is 0 Å². The van der Waals surface area contributed by atoms with E-state index in [0.717, 1.165) is 6.54 Å². The third-order valence-electron chi connectivity index (χ3n) is 3.10. The molecule has 1 aromatic rings. The Bertz CT molecular complexity index is 360. The Hall–Kier alpha value is -1.10. The van der Waals surface area contributed by atoms with Gasteiger partial charge in [0.1, 0.15) is 0 Å². The van der Waals surface area contributed by atoms with Gasteiger partial charge in [0, 0.05) is 18.6 Å². The minimum absolute atomic E-state index is 0.431. The van der Waals surface area contributed by atoms with Crippen LogP contribution in [0, 0.1) is 0 Å². The van der Waals surface area contributed by atoms with Gasteiger partial charge in [-0.1, -0.05) is 32.3 Å². The molecule has 1 aliphatic carbocycles. The fourth-order valence-corrected chi connectivity index (χ4v) is 1.87. The Morgan fingerprint density at radius 2 is 2.17 bits per heavy atom. The van der Waals surface area contributed by atoms with Crippen molar-refractivity contribution in [2.75, 3.05) is 11.4 Å². The lowest BCUT2D eigenvalue weighted by atomic mass is 10.3.